The van der Waals surface area contributed by atoms with Crippen molar-refractivity contribution in [2.24, 2.45) is 10.9 Å². The van der Waals surface area contributed by atoms with E-state index >= 15 is 0 Å². The molecule has 0 radical (unpaired) electrons. The smallest absolute Gasteiger partial charge is 0.404 e. The number of thiazole rings is 1. The molecule has 0 spiro atoms. The number of nitrogens with zero attached hydrogens (tertiary/aromatic N) is 4. The molecule has 16 heteroatoms. The van der Waals surface area contributed by atoms with E-state index in [1.807, 2.05) is 0 Å². The summed E-state index contributed by atoms with van der Waals surface area (Å²) in [6.45, 7) is -0.442. The van der Waals surface area contributed by atoms with E-state index in [1.54, 1.807) is 0 Å². The molecule has 3 rings (SSSR count). The van der Waals surface area contributed by atoms with Gasteiger partial charge >= 0.3 is 18.1 Å². The molecule has 6 N–H and O–H groups in total. The predicted molar refractivity (Wildman–Crippen MR) is 106 cm³/mol. The lowest BCUT2D eigenvalue weighted by Gasteiger charge is -2.39. The fraction of sp³-hybridized carbons (Fsp3) is 0.438. The summed E-state index contributed by atoms with van der Waals surface area (Å²) in [7, 11) is 1.22. The van der Waals surface area contributed by atoms with Crippen molar-refractivity contribution in [2.45, 2.75) is 24.6 Å². The number of nitrogen functional groups attached to an aromatic ring is 1. The third-order valence-electron chi connectivity index (χ3n) is 4.70. The Balaban J connectivity index is 1.63. The van der Waals surface area contributed by atoms with Crippen LogP contribution in [0.2, 0.25) is 0 Å². The van der Waals surface area contributed by atoms with Gasteiger partial charge in [0.05, 0.1) is 13.1 Å². The number of urea groups is 1. The molecule has 0 aromatic carbocycles. The first-order chi connectivity index (χ1) is 15.1. The largest absolute Gasteiger partial charge is 0.480 e. The molecule has 0 saturated carbocycles. The molecule has 172 valence electrons. The predicted octanol–water partition coefficient (Wildman–Crippen LogP) is -1.85. The van der Waals surface area contributed by atoms with Crippen molar-refractivity contribution in [1.29, 1.82) is 0 Å². The standard InChI is InChI=1S/C16H19N7O8S/c1-30-21-10(8-5-32-14(17)20-8)11(24)19-7-4-23(12(7)25)16(29)22-3-6(31-15(18)28)2-9(22)13(26)27/h5-7,9H,2-4H2,1H3,(H2,17,20)(H2,18,28)(H,19,24)(H,26,27)/b21-10-/t6?,7-,9-/m0/s1. The van der Waals surface area contributed by atoms with Crippen LogP contribution in [0, 0.1) is 0 Å². The van der Waals surface area contributed by atoms with Crippen LogP contribution >= 0.6 is 11.3 Å². The molecule has 32 heavy (non-hydrogen) atoms. The van der Waals surface area contributed by atoms with Gasteiger partial charge in [0.15, 0.2) is 10.8 Å². The lowest BCUT2D eigenvalue weighted by molar-refractivity contribution is -0.145. The summed E-state index contributed by atoms with van der Waals surface area (Å²) in [4.78, 5) is 70.3. The topological polar surface area (TPSA) is 220 Å². The minimum atomic E-state index is -1.32. The minimum Gasteiger partial charge on any atom is -0.480 e. The summed E-state index contributed by atoms with van der Waals surface area (Å²) >= 11 is 1.08. The number of oxime groups is 1. The van der Waals surface area contributed by atoms with Crippen LogP contribution in [0.1, 0.15) is 12.1 Å². The van der Waals surface area contributed by atoms with Gasteiger partial charge in [0.1, 0.15) is 31.0 Å². The fourth-order valence-corrected chi connectivity index (χ4v) is 3.82. The molecule has 2 fully saturated rings. The quantitative estimate of drug-likeness (QED) is 0.207. The Morgan fingerprint density at radius 1 is 1.34 bits per heavy atom. The number of aromatic nitrogens is 1. The van der Waals surface area contributed by atoms with Gasteiger partial charge < -0.3 is 36.4 Å². The Morgan fingerprint density at radius 3 is 2.59 bits per heavy atom. The monoisotopic (exact) mass is 469 g/mol. The molecule has 3 heterocycles. The number of likely N-dealkylation sites (tertiary alicyclic amines) is 2. The highest BCUT2D eigenvalue weighted by atomic mass is 32.1. The zero-order chi connectivity index (χ0) is 23.6. The zero-order valence-corrected chi connectivity index (χ0v) is 17.4. The first-order valence-electron chi connectivity index (χ1n) is 9.06. The molecule has 5 amide bonds. The maximum Gasteiger partial charge on any atom is 0.404 e. The van der Waals surface area contributed by atoms with Gasteiger partial charge in [-0.25, -0.2) is 19.4 Å². The molecule has 3 atom stereocenters. The maximum absolute atomic E-state index is 12.7. The number of ether oxygens (including phenoxy) is 1. The van der Waals surface area contributed by atoms with Gasteiger partial charge in [-0.2, -0.15) is 0 Å². The fourth-order valence-electron chi connectivity index (χ4n) is 3.27. The Kier molecular flexibility index (Phi) is 6.42. The van der Waals surface area contributed by atoms with Gasteiger partial charge in [-0.05, 0) is 0 Å². The van der Waals surface area contributed by atoms with Crippen LogP contribution in [0.5, 0.6) is 0 Å². The number of imide groups is 1. The lowest BCUT2D eigenvalue weighted by atomic mass is 10.1. The Morgan fingerprint density at radius 2 is 2.06 bits per heavy atom. The molecule has 1 aromatic rings. The highest BCUT2D eigenvalue weighted by Gasteiger charge is 2.49. The van der Waals surface area contributed by atoms with E-state index in [0.717, 1.165) is 21.1 Å². The van der Waals surface area contributed by atoms with E-state index in [-0.39, 0.29) is 36.0 Å². The van der Waals surface area contributed by atoms with E-state index in [9.17, 15) is 29.1 Å². The molecule has 2 aliphatic heterocycles. The molecule has 2 aliphatic rings. The van der Waals surface area contributed by atoms with Crippen molar-refractivity contribution in [3.8, 4) is 0 Å². The maximum atomic E-state index is 12.7. The molecule has 1 aromatic heterocycles. The SMILES string of the molecule is CO/N=C(\C(=O)N[C@H]1CN(C(=O)N2CC(OC(N)=O)C[C@H]2C(=O)O)C1=O)c1csc(N)n1. The van der Waals surface area contributed by atoms with Crippen LogP contribution in [-0.2, 0) is 24.0 Å². The summed E-state index contributed by atoms with van der Waals surface area (Å²) in [6, 6.07) is -3.24. The average molecular weight is 469 g/mol. The van der Waals surface area contributed by atoms with Gasteiger partial charge in [0.25, 0.3) is 11.8 Å². The number of anilines is 1. The summed E-state index contributed by atoms with van der Waals surface area (Å²) in [5.41, 5.74) is 10.4. The van der Waals surface area contributed by atoms with E-state index in [4.69, 9.17) is 16.2 Å². The van der Waals surface area contributed by atoms with Crippen LogP contribution in [0.4, 0.5) is 14.7 Å². The molecule has 0 aliphatic carbocycles. The summed E-state index contributed by atoms with van der Waals surface area (Å²) in [5, 5.41) is 17.0. The number of carboxylic acids is 1. The zero-order valence-electron chi connectivity index (χ0n) is 16.6. The Labute approximate surface area is 183 Å². The van der Waals surface area contributed by atoms with Crippen molar-refractivity contribution in [3.05, 3.63) is 11.1 Å². The first-order valence-corrected chi connectivity index (χ1v) is 9.94. The number of nitrogens with two attached hydrogens (primary N) is 2. The summed E-state index contributed by atoms with van der Waals surface area (Å²) in [6.07, 6.45) is -2.19. The van der Waals surface area contributed by atoms with Gasteiger partial charge in [-0.3, -0.25) is 14.5 Å². The van der Waals surface area contributed by atoms with E-state index < -0.39 is 48.1 Å². The number of primary amides is 1. The molecule has 1 unspecified atom stereocenters. The van der Waals surface area contributed by atoms with E-state index in [2.05, 4.69) is 20.3 Å². The number of β-lactam (4-membered cyclic amide) rings is 1. The number of hydrogen-bond donors (Lipinski definition) is 4. The van der Waals surface area contributed by atoms with Crippen LogP contribution in [0.3, 0.4) is 0 Å². The van der Waals surface area contributed by atoms with Gasteiger partial charge in [-0.15, -0.1) is 11.3 Å². The van der Waals surface area contributed by atoms with Crippen LogP contribution < -0.4 is 16.8 Å². The minimum absolute atomic E-state index is 0.147. The molecule has 15 nitrogen and oxygen atoms in total. The second-order valence-corrected chi connectivity index (χ2v) is 7.64. The number of carbonyl (C=O) groups excluding carboxylic acids is 4. The first kappa shape index (κ1) is 22.7. The second-order valence-electron chi connectivity index (χ2n) is 6.75. The van der Waals surface area contributed by atoms with Crippen LogP contribution in [0.15, 0.2) is 10.5 Å². The highest BCUT2D eigenvalue weighted by Crippen LogP contribution is 2.25. The van der Waals surface area contributed by atoms with Crippen molar-refractivity contribution < 1.29 is 38.7 Å². The highest BCUT2D eigenvalue weighted by molar-refractivity contribution is 7.13. The van der Waals surface area contributed by atoms with Gasteiger partial charge in [-0.1, -0.05) is 5.16 Å². The summed E-state index contributed by atoms with van der Waals surface area (Å²) < 4.78 is 4.78. The second kappa shape index (κ2) is 9.04. The number of rotatable bonds is 6. The summed E-state index contributed by atoms with van der Waals surface area (Å²) in [5.74, 6) is -2.85. The number of amides is 5. The number of carboxylic acid groups (broad SMARTS) is 1. The average Bonchev–Trinajstić information content (AvgIpc) is 3.34. The van der Waals surface area contributed by atoms with Crippen molar-refractivity contribution in [1.82, 2.24) is 20.1 Å². The van der Waals surface area contributed by atoms with E-state index in [0.29, 0.717) is 0 Å². The lowest BCUT2D eigenvalue weighted by Crippen LogP contribution is -2.68. The number of carbonyl (C=O) groups is 5. The number of hydrogen-bond acceptors (Lipinski definition) is 11. The molecular weight excluding hydrogens is 450 g/mol. The van der Waals surface area contributed by atoms with Gasteiger partial charge in [0, 0.05) is 11.8 Å². The molecule has 0 bridgehead atoms. The van der Waals surface area contributed by atoms with E-state index in [1.165, 1.54) is 12.5 Å². The molecule has 2 saturated heterocycles. The van der Waals surface area contributed by atoms with Gasteiger partial charge in [0.2, 0.25) is 0 Å². The van der Waals surface area contributed by atoms with Crippen molar-refractivity contribution in [3.63, 3.8) is 0 Å². The molecular formula is C16H19N7O8S. The Hall–Kier alpha value is -3.95. The number of nitrogens with one attached hydrogen (secondary N) is 1. The third kappa shape index (κ3) is 4.53. The third-order valence-corrected chi connectivity index (χ3v) is 5.38. The van der Waals surface area contributed by atoms with Crippen molar-refractivity contribution in [2.75, 3.05) is 25.9 Å². The normalized spacial score (nSPS) is 22.8. The Bertz CT molecular complexity index is 995. The van der Waals surface area contributed by atoms with Crippen LogP contribution in [0.25, 0.3) is 0 Å². The van der Waals surface area contributed by atoms with Crippen molar-refractivity contribution >= 4 is 52.1 Å². The van der Waals surface area contributed by atoms with Crippen LogP contribution in [-0.4, -0.2) is 93.9 Å². The number of aliphatic carboxylic acids is 1.